The van der Waals surface area contributed by atoms with Gasteiger partial charge in [-0.3, -0.25) is 4.79 Å². The molecule has 160 valence electrons. The second-order valence-corrected chi connectivity index (χ2v) is 7.59. The zero-order valence-electron chi connectivity index (χ0n) is 17.4. The summed E-state index contributed by atoms with van der Waals surface area (Å²) in [5, 5.41) is 6.15. The third-order valence-corrected chi connectivity index (χ3v) is 3.96. The molecule has 2 rings (SSSR count). The predicted octanol–water partition coefficient (Wildman–Crippen LogP) is 3.88. The summed E-state index contributed by atoms with van der Waals surface area (Å²) in [4.78, 5) is 11.9. The van der Waals surface area contributed by atoms with Crippen molar-refractivity contribution < 1.29 is 18.7 Å². The van der Waals surface area contributed by atoms with Crippen molar-refractivity contribution >= 4 is 18.3 Å². The average Bonchev–Trinajstić information content (AvgIpc) is 2.63. The highest BCUT2D eigenvalue weighted by molar-refractivity contribution is 5.85. The van der Waals surface area contributed by atoms with Gasteiger partial charge in [-0.05, 0) is 63.1 Å². The summed E-state index contributed by atoms with van der Waals surface area (Å²) in [5.74, 6) is 0.718. The molecule has 0 saturated carbocycles. The molecule has 1 amide bonds. The SMILES string of the molecule is COc1cc(CNCCc2ccccc2F)ccc1OCC(=O)NC(C)(C)C.Cl. The molecule has 0 spiro atoms. The van der Waals surface area contributed by atoms with Gasteiger partial charge >= 0.3 is 0 Å². The van der Waals surface area contributed by atoms with Crippen LogP contribution in [0.3, 0.4) is 0 Å². The first-order chi connectivity index (χ1) is 13.3. The molecule has 0 aliphatic carbocycles. The number of hydrogen-bond donors (Lipinski definition) is 2. The summed E-state index contributed by atoms with van der Waals surface area (Å²) in [7, 11) is 1.56. The number of halogens is 2. The van der Waals surface area contributed by atoms with E-state index in [9.17, 15) is 9.18 Å². The van der Waals surface area contributed by atoms with Crippen molar-refractivity contribution in [2.24, 2.45) is 0 Å². The van der Waals surface area contributed by atoms with Crippen LogP contribution in [-0.4, -0.2) is 31.7 Å². The summed E-state index contributed by atoms with van der Waals surface area (Å²) in [6.07, 6.45) is 0.619. The second kappa shape index (κ2) is 11.6. The van der Waals surface area contributed by atoms with Crippen molar-refractivity contribution in [3.63, 3.8) is 0 Å². The molecule has 0 heterocycles. The Hall–Kier alpha value is -2.31. The van der Waals surface area contributed by atoms with Crippen molar-refractivity contribution in [1.82, 2.24) is 10.6 Å². The maximum Gasteiger partial charge on any atom is 0.258 e. The number of benzene rings is 2. The van der Waals surface area contributed by atoms with Crippen LogP contribution in [0.2, 0.25) is 0 Å². The van der Waals surface area contributed by atoms with Crippen LogP contribution in [0.15, 0.2) is 42.5 Å². The van der Waals surface area contributed by atoms with Crippen molar-refractivity contribution in [1.29, 1.82) is 0 Å². The van der Waals surface area contributed by atoms with E-state index in [0.717, 1.165) is 5.56 Å². The zero-order valence-corrected chi connectivity index (χ0v) is 18.2. The number of hydrogen-bond acceptors (Lipinski definition) is 4. The molecule has 2 aromatic rings. The minimum absolute atomic E-state index is 0. The fourth-order valence-electron chi connectivity index (χ4n) is 2.70. The molecular formula is C22H30ClFN2O3. The molecule has 5 nitrogen and oxygen atoms in total. The first-order valence-electron chi connectivity index (χ1n) is 9.33. The molecule has 0 fully saturated rings. The third-order valence-electron chi connectivity index (χ3n) is 3.96. The standard InChI is InChI=1S/C22H29FN2O3.ClH/c1-22(2,3)25-21(26)15-28-19-10-9-16(13-20(19)27-4)14-24-12-11-17-7-5-6-8-18(17)23;/h5-10,13,24H,11-12,14-15H2,1-4H3,(H,25,26);1H. The predicted molar refractivity (Wildman–Crippen MR) is 115 cm³/mol. The molecule has 7 heteroatoms. The number of ether oxygens (including phenoxy) is 2. The largest absolute Gasteiger partial charge is 0.493 e. The van der Waals surface area contributed by atoms with Crippen LogP contribution in [0, 0.1) is 5.82 Å². The van der Waals surface area contributed by atoms with Crippen LogP contribution in [0.5, 0.6) is 11.5 Å². The lowest BCUT2D eigenvalue weighted by Crippen LogP contribution is -2.43. The Morgan fingerprint density at radius 3 is 2.48 bits per heavy atom. The second-order valence-electron chi connectivity index (χ2n) is 7.59. The first-order valence-corrected chi connectivity index (χ1v) is 9.33. The fourth-order valence-corrected chi connectivity index (χ4v) is 2.70. The van der Waals surface area contributed by atoms with Gasteiger partial charge in [-0.25, -0.2) is 4.39 Å². The minimum atomic E-state index is -0.303. The third kappa shape index (κ3) is 8.71. The van der Waals surface area contributed by atoms with Gasteiger partial charge < -0.3 is 20.1 Å². The van der Waals surface area contributed by atoms with Gasteiger partial charge in [-0.1, -0.05) is 24.3 Å². The number of carbonyl (C=O) groups is 1. The zero-order chi connectivity index (χ0) is 20.6. The van der Waals surface area contributed by atoms with Crippen LogP contribution < -0.4 is 20.1 Å². The van der Waals surface area contributed by atoms with E-state index in [4.69, 9.17) is 9.47 Å². The Labute approximate surface area is 178 Å². The van der Waals surface area contributed by atoms with Gasteiger partial charge in [0.2, 0.25) is 0 Å². The van der Waals surface area contributed by atoms with Crippen LogP contribution in [-0.2, 0) is 17.8 Å². The quantitative estimate of drug-likeness (QED) is 0.600. The number of rotatable bonds is 9. The Morgan fingerprint density at radius 1 is 1.10 bits per heavy atom. The molecule has 0 saturated heterocycles. The van der Waals surface area contributed by atoms with E-state index in [1.165, 1.54) is 6.07 Å². The van der Waals surface area contributed by atoms with Crippen LogP contribution in [0.25, 0.3) is 0 Å². The molecule has 0 atom stereocenters. The minimum Gasteiger partial charge on any atom is -0.493 e. The Kier molecular flexibility index (Phi) is 9.92. The molecule has 0 aliphatic heterocycles. The van der Waals surface area contributed by atoms with Crippen molar-refractivity contribution in [3.8, 4) is 11.5 Å². The highest BCUT2D eigenvalue weighted by Crippen LogP contribution is 2.28. The summed E-state index contributed by atoms with van der Waals surface area (Å²) in [5.41, 5.74) is 1.41. The fraction of sp³-hybridized carbons (Fsp3) is 0.409. The monoisotopic (exact) mass is 424 g/mol. The molecule has 29 heavy (non-hydrogen) atoms. The van der Waals surface area contributed by atoms with E-state index < -0.39 is 0 Å². The Bertz CT molecular complexity index is 794. The van der Waals surface area contributed by atoms with Crippen molar-refractivity contribution in [2.75, 3.05) is 20.3 Å². The molecule has 0 aliphatic rings. The summed E-state index contributed by atoms with van der Waals surface area (Å²) in [6, 6.07) is 12.4. The van der Waals surface area contributed by atoms with Gasteiger partial charge in [0.15, 0.2) is 18.1 Å². The molecule has 0 unspecified atom stereocenters. The number of nitrogens with one attached hydrogen (secondary N) is 2. The first kappa shape index (κ1) is 24.7. The van der Waals surface area contributed by atoms with Gasteiger partial charge in [0, 0.05) is 12.1 Å². The normalized spacial score (nSPS) is 10.8. The van der Waals surface area contributed by atoms with E-state index in [0.29, 0.717) is 36.6 Å². The smallest absolute Gasteiger partial charge is 0.258 e. The van der Waals surface area contributed by atoms with Crippen LogP contribution in [0.1, 0.15) is 31.9 Å². The summed E-state index contributed by atoms with van der Waals surface area (Å²) < 4.78 is 24.6. The van der Waals surface area contributed by atoms with Gasteiger partial charge in [0.05, 0.1) is 7.11 Å². The van der Waals surface area contributed by atoms with E-state index in [1.54, 1.807) is 25.3 Å². The summed E-state index contributed by atoms with van der Waals surface area (Å²) >= 11 is 0. The maximum atomic E-state index is 13.6. The number of carbonyl (C=O) groups excluding carboxylic acids is 1. The highest BCUT2D eigenvalue weighted by atomic mass is 35.5. The van der Waals surface area contributed by atoms with E-state index in [2.05, 4.69) is 10.6 Å². The average molecular weight is 425 g/mol. The lowest BCUT2D eigenvalue weighted by atomic mass is 10.1. The molecular weight excluding hydrogens is 395 g/mol. The maximum absolute atomic E-state index is 13.6. The number of amides is 1. The van der Waals surface area contributed by atoms with E-state index in [1.807, 2.05) is 39.0 Å². The van der Waals surface area contributed by atoms with Crippen molar-refractivity contribution in [2.45, 2.75) is 39.3 Å². The summed E-state index contributed by atoms with van der Waals surface area (Å²) in [6.45, 7) is 6.95. The van der Waals surface area contributed by atoms with Crippen molar-refractivity contribution in [3.05, 3.63) is 59.4 Å². The lowest BCUT2D eigenvalue weighted by Gasteiger charge is -2.20. The van der Waals surface area contributed by atoms with E-state index >= 15 is 0 Å². The van der Waals surface area contributed by atoms with Gasteiger partial charge in [-0.2, -0.15) is 0 Å². The van der Waals surface area contributed by atoms with Gasteiger partial charge in [0.1, 0.15) is 5.82 Å². The molecule has 0 aromatic heterocycles. The Morgan fingerprint density at radius 2 is 1.83 bits per heavy atom. The molecule has 0 bridgehead atoms. The van der Waals surface area contributed by atoms with E-state index in [-0.39, 0.29) is 36.3 Å². The van der Waals surface area contributed by atoms with Crippen LogP contribution >= 0.6 is 12.4 Å². The molecule has 0 radical (unpaired) electrons. The van der Waals surface area contributed by atoms with Gasteiger partial charge in [-0.15, -0.1) is 12.4 Å². The number of methoxy groups -OCH3 is 1. The molecule has 2 N–H and O–H groups in total. The lowest BCUT2D eigenvalue weighted by molar-refractivity contribution is -0.124. The van der Waals surface area contributed by atoms with Gasteiger partial charge in [0.25, 0.3) is 5.91 Å². The molecule has 2 aromatic carbocycles. The Balaban J connectivity index is 0.00000420. The topological polar surface area (TPSA) is 59.6 Å². The highest BCUT2D eigenvalue weighted by Gasteiger charge is 2.15. The van der Waals surface area contributed by atoms with Crippen LogP contribution in [0.4, 0.5) is 4.39 Å².